The monoisotopic (exact) mass is 441 g/mol. The summed E-state index contributed by atoms with van der Waals surface area (Å²) < 4.78 is 0. The normalized spacial score (nSPS) is 11.8. The molecular formula is C26H27N5O2. The molecule has 0 radical (unpaired) electrons. The molecule has 4 rings (SSSR count). The number of aryl methyl sites for hydroxylation is 3. The fourth-order valence-electron chi connectivity index (χ4n) is 3.65. The first-order valence-electron chi connectivity index (χ1n) is 10.8. The van der Waals surface area contributed by atoms with Crippen LogP contribution < -0.4 is 10.6 Å². The van der Waals surface area contributed by atoms with Crippen LogP contribution in [0.2, 0.25) is 0 Å². The lowest BCUT2D eigenvalue weighted by Crippen LogP contribution is -2.31. The first-order valence-corrected chi connectivity index (χ1v) is 10.8. The van der Waals surface area contributed by atoms with Gasteiger partial charge in [-0.25, -0.2) is 9.97 Å². The minimum Gasteiger partial charge on any atom is -0.394 e. The minimum absolute atomic E-state index is 0.193. The molecule has 2 aromatic carbocycles. The zero-order valence-electron chi connectivity index (χ0n) is 18.9. The first kappa shape index (κ1) is 22.2. The van der Waals surface area contributed by atoms with Gasteiger partial charge in [-0.05, 0) is 49.6 Å². The summed E-state index contributed by atoms with van der Waals surface area (Å²) in [4.78, 5) is 24.9. The number of benzene rings is 2. The lowest BCUT2D eigenvalue weighted by atomic mass is 10.0. The molecule has 1 unspecified atom stereocenters. The van der Waals surface area contributed by atoms with E-state index in [9.17, 15) is 9.90 Å². The molecular weight excluding hydrogens is 414 g/mol. The minimum atomic E-state index is -0.491. The second-order valence-corrected chi connectivity index (χ2v) is 8.09. The van der Waals surface area contributed by atoms with Crippen molar-refractivity contribution < 1.29 is 9.90 Å². The lowest BCUT2D eigenvalue weighted by Gasteiger charge is -2.16. The molecule has 1 atom stereocenters. The van der Waals surface area contributed by atoms with Gasteiger partial charge in [-0.3, -0.25) is 4.79 Å². The number of aromatic nitrogens is 3. The van der Waals surface area contributed by atoms with E-state index in [4.69, 9.17) is 0 Å². The van der Waals surface area contributed by atoms with Crippen LogP contribution in [0.4, 0.5) is 11.6 Å². The van der Waals surface area contributed by atoms with Crippen molar-refractivity contribution in [2.75, 3.05) is 11.9 Å². The Bertz CT molecular complexity index is 1280. The van der Waals surface area contributed by atoms with E-state index in [1.807, 2.05) is 69.3 Å². The van der Waals surface area contributed by atoms with Gasteiger partial charge < -0.3 is 20.7 Å². The highest BCUT2D eigenvalue weighted by Gasteiger charge is 2.18. The highest BCUT2D eigenvalue weighted by Crippen LogP contribution is 2.25. The van der Waals surface area contributed by atoms with E-state index in [0.29, 0.717) is 11.6 Å². The Kier molecular flexibility index (Phi) is 6.51. The number of anilines is 2. The molecule has 0 aliphatic carbocycles. The van der Waals surface area contributed by atoms with Gasteiger partial charge in [0.1, 0.15) is 5.69 Å². The maximum atomic E-state index is 12.8. The van der Waals surface area contributed by atoms with Gasteiger partial charge in [0, 0.05) is 23.6 Å². The molecule has 33 heavy (non-hydrogen) atoms. The third-order valence-corrected chi connectivity index (χ3v) is 5.50. The number of amides is 1. The number of hydrogen-bond acceptors (Lipinski definition) is 5. The van der Waals surface area contributed by atoms with Crippen molar-refractivity contribution in [1.29, 1.82) is 0 Å². The van der Waals surface area contributed by atoms with E-state index in [-0.39, 0.29) is 12.5 Å². The Morgan fingerprint density at radius 1 is 1.06 bits per heavy atom. The lowest BCUT2D eigenvalue weighted by molar-refractivity contribution is 0.0911. The van der Waals surface area contributed by atoms with Gasteiger partial charge in [-0.1, -0.05) is 48.0 Å². The summed E-state index contributed by atoms with van der Waals surface area (Å²) in [5, 5.41) is 16.0. The number of carbonyl (C=O) groups excluding carboxylic acids is 1. The predicted molar refractivity (Wildman–Crippen MR) is 129 cm³/mol. The van der Waals surface area contributed by atoms with Crippen molar-refractivity contribution in [3.63, 3.8) is 0 Å². The van der Waals surface area contributed by atoms with Crippen molar-refractivity contribution in [3.05, 3.63) is 94.9 Å². The number of aromatic amines is 1. The van der Waals surface area contributed by atoms with Crippen LogP contribution in [-0.2, 0) is 0 Å². The van der Waals surface area contributed by atoms with Crippen LogP contribution in [0.1, 0.15) is 38.8 Å². The second-order valence-electron chi connectivity index (χ2n) is 8.09. The van der Waals surface area contributed by atoms with E-state index in [2.05, 4.69) is 25.6 Å². The van der Waals surface area contributed by atoms with Crippen molar-refractivity contribution in [1.82, 2.24) is 20.3 Å². The smallest absolute Gasteiger partial charge is 0.268 e. The molecule has 0 spiro atoms. The van der Waals surface area contributed by atoms with Crippen molar-refractivity contribution in [2.45, 2.75) is 26.8 Å². The molecule has 0 aliphatic rings. The van der Waals surface area contributed by atoms with Crippen LogP contribution in [0, 0.1) is 20.8 Å². The van der Waals surface area contributed by atoms with E-state index in [0.717, 1.165) is 39.2 Å². The van der Waals surface area contributed by atoms with Crippen LogP contribution in [-0.4, -0.2) is 32.6 Å². The highest BCUT2D eigenvalue weighted by molar-refractivity contribution is 5.94. The van der Waals surface area contributed by atoms with Gasteiger partial charge in [0.15, 0.2) is 0 Å². The molecule has 0 bridgehead atoms. The van der Waals surface area contributed by atoms with Crippen LogP contribution in [0.3, 0.4) is 0 Å². The van der Waals surface area contributed by atoms with E-state index < -0.39 is 6.04 Å². The van der Waals surface area contributed by atoms with Gasteiger partial charge in [-0.2, -0.15) is 0 Å². The number of para-hydroxylation sites is 1. The zero-order valence-corrected chi connectivity index (χ0v) is 18.9. The Balaban J connectivity index is 1.54. The van der Waals surface area contributed by atoms with E-state index in [1.165, 1.54) is 0 Å². The second kappa shape index (κ2) is 9.67. The van der Waals surface area contributed by atoms with Crippen LogP contribution >= 0.6 is 0 Å². The SMILES string of the molecule is Cc1cccc(C(CO)NC(=O)c2cc(-c3nc(Nc4ccccc4C)ncc3C)c[nH]2)c1. The van der Waals surface area contributed by atoms with Crippen molar-refractivity contribution >= 4 is 17.5 Å². The maximum Gasteiger partial charge on any atom is 0.268 e. The van der Waals surface area contributed by atoms with Gasteiger partial charge in [-0.15, -0.1) is 0 Å². The number of nitrogens with one attached hydrogen (secondary N) is 3. The van der Waals surface area contributed by atoms with Gasteiger partial charge in [0.05, 0.1) is 18.3 Å². The Labute approximate surface area is 192 Å². The molecule has 2 aromatic heterocycles. The number of hydrogen-bond donors (Lipinski definition) is 4. The maximum absolute atomic E-state index is 12.8. The van der Waals surface area contributed by atoms with E-state index >= 15 is 0 Å². The van der Waals surface area contributed by atoms with Crippen molar-refractivity contribution in [3.8, 4) is 11.3 Å². The molecule has 4 aromatic rings. The van der Waals surface area contributed by atoms with Gasteiger partial charge >= 0.3 is 0 Å². The third kappa shape index (κ3) is 5.10. The molecule has 2 heterocycles. The molecule has 168 valence electrons. The summed E-state index contributed by atoms with van der Waals surface area (Å²) >= 11 is 0. The number of rotatable bonds is 7. The zero-order chi connectivity index (χ0) is 23.4. The van der Waals surface area contributed by atoms with Gasteiger partial charge in [0.2, 0.25) is 5.95 Å². The molecule has 0 saturated carbocycles. The molecule has 0 aliphatic heterocycles. The van der Waals surface area contributed by atoms with Crippen LogP contribution in [0.15, 0.2) is 67.0 Å². The summed E-state index contributed by atoms with van der Waals surface area (Å²) in [5.74, 6) is 0.184. The Morgan fingerprint density at radius 3 is 2.64 bits per heavy atom. The quantitative estimate of drug-likeness (QED) is 0.336. The molecule has 7 nitrogen and oxygen atoms in total. The largest absolute Gasteiger partial charge is 0.394 e. The van der Waals surface area contributed by atoms with E-state index in [1.54, 1.807) is 18.5 Å². The number of aliphatic hydroxyl groups is 1. The highest BCUT2D eigenvalue weighted by atomic mass is 16.3. The summed E-state index contributed by atoms with van der Waals surface area (Å²) in [6, 6.07) is 16.9. The fourth-order valence-corrected chi connectivity index (χ4v) is 3.65. The number of H-pyrrole nitrogens is 1. The fraction of sp³-hybridized carbons (Fsp3) is 0.192. The molecule has 7 heteroatoms. The third-order valence-electron chi connectivity index (χ3n) is 5.50. The topological polar surface area (TPSA) is 103 Å². The molecule has 1 amide bonds. The van der Waals surface area contributed by atoms with Gasteiger partial charge in [0.25, 0.3) is 5.91 Å². The summed E-state index contributed by atoms with van der Waals surface area (Å²) in [6.45, 7) is 5.73. The standard InChI is InChI=1S/C26H27N5O2/c1-16-7-6-9-19(11-16)23(15-32)29-25(33)22-12-20(14-27-22)24-18(3)13-28-26(31-24)30-21-10-5-4-8-17(21)2/h4-14,23,27,32H,15H2,1-3H3,(H,29,33)(H,28,30,31). The molecule has 4 N–H and O–H groups in total. The predicted octanol–water partition coefficient (Wildman–Crippen LogP) is 4.60. The first-order chi connectivity index (χ1) is 15.9. The van der Waals surface area contributed by atoms with Crippen LogP contribution in [0.25, 0.3) is 11.3 Å². The van der Waals surface area contributed by atoms with Crippen molar-refractivity contribution in [2.24, 2.45) is 0 Å². The average Bonchev–Trinajstić information content (AvgIpc) is 3.30. The average molecular weight is 442 g/mol. The molecule has 0 saturated heterocycles. The summed E-state index contributed by atoms with van der Waals surface area (Å²) in [5.41, 5.74) is 6.75. The number of aliphatic hydroxyl groups excluding tert-OH is 1. The molecule has 0 fully saturated rings. The summed E-state index contributed by atoms with van der Waals surface area (Å²) in [7, 11) is 0. The van der Waals surface area contributed by atoms with Crippen LogP contribution in [0.5, 0.6) is 0 Å². The number of nitrogens with zero attached hydrogens (tertiary/aromatic N) is 2. The number of carbonyl (C=O) groups is 1. The Hall–Kier alpha value is -3.97. The Morgan fingerprint density at radius 2 is 1.88 bits per heavy atom. The summed E-state index contributed by atoms with van der Waals surface area (Å²) in [6.07, 6.45) is 3.51.